The number of aliphatic carboxylic acids is 1. The van der Waals surface area contributed by atoms with Gasteiger partial charge in [0.2, 0.25) is 0 Å². The van der Waals surface area contributed by atoms with Crippen LogP contribution in [0.3, 0.4) is 0 Å². The van der Waals surface area contributed by atoms with E-state index in [9.17, 15) is 4.79 Å². The summed E-state index contributed by atoms with van der Waals surface area (Å²) in [6.07, 6.45) is -0.828. The zero-order valence-corrected chi connectivity index (χ0v) is 12.7. The number of carbonyl (C=O) groups is 1. The number of benzene rings is 1. The molecule has 0 bridgehead atoms. The summed E-state index contributed by atoms with van der Waals surface area (Å²) in [4.78, 5) is 11.1. The van der Waals surface area contributed by atoms with Gasteiger partial charge in [-0.25, -0.2) is 4.79 Å². The molecule has 1 rings (SSSR count). The maximum absolute atomic E-state index is 11.1. The molecule has 0 spiro atoms. The minimum absolute atomic E-state index is 0.0841. The van der Waals surface area contributed by atoms with E-state index in [-0.39, 0.29) is 5.92 Å². The van der Waals surface area contributed by atoms with Crippen LogP contribution < -0.4 is 4.74 Å². The fourth-order valence-corrected chi connectivity index (χ4v) is 2.07. The van der Waals surface area contributed by atoms with Gasteiger partial charge in [0.15, 0.2) is 6.10 Å². The lowest BCUT2D eigenvalue weighted by Gasteiger charge is -2.19. The van der Waals surface area contributed by atoms with Crippen molar-refractivity contribution in [1.29, 1.82) is 0 Å². The lowest BCUT2D eigenvalue weighted by atomic mass is 10.0. The summed E-state index contributed by atoms with van der Waals surface area (Å²) in [5, 5.41) is 9.10. The van der Waals surface area contributed by atoms with Gasteiger partial charge in [-0.05, 0) is 39.5 Å². The molecule has 100 valence electrons. The second kappa shape index (κ2) is 6.23. The number of ether oxygens (including phenoxy) is 1. The van der Waals surface area contributed by atoms with Crippen molar-refractivity contribution in [3.63, 3.8) is 0 Å². The summed E-state index contributed by atoms with van der Waals surface area (Å²) in [6.45, 7) is 7.87. The van der Waals surface area contributed by atoms with Crippen LogP contribution in [0.25, 0.3) is 0 Å². The van der Waals surface area contributed by atoms with Crippen LogP contribution in [0.1, 0.15) is 39.2 Å². The third kappa shape index (κ3) is 3.73. The summed E-state index contributed by atoms with van der Waals surface area (Å²) >= 11 is 3.42. The average molecular weight is 315 g/mol. The van der Waals surface area contributed by atoms with Crippen molar-refractivity contribution in [2.24, 2.45) is 5.92 Å². The van der Waals surface area contributed by atoms with Crippen molar-refractivity contribution in [1.82, 2.24) is 0 Å². The van der Waals surface area contributed by atoms with Gasteiger partial charge in [-0.1, -0.05) is 33.8 Å². The van der Waals surface area contributed by atoms with Crippen molar-refractivity contribution in [2.45, 2.75) is 39.7 Å². The van der Waals surface area contributed by atoms with E-state index >= 15 is 0 Å². The highest BCUT2D eigenvalue weighted by molar-refractivity contribution is 9.10. The van der Waals surface area contributed by atoms with Crippen LogP contribution in [-0.2, 0) is 4.79 Å². The molecule has 18 heavy (non-hydrogen) atoms. The molecule has 0 aromatic heterocycles. The fourth-order valence-electron chi connectivity index (χ4n) is 1.58. The topological polar surface area (TPSA) is 46.5 Å². The first-order valence-corrected chi connectivity index (χ1v) is 6.81. The normalized spacial score (nSPS) is 12.8. The van der Waals surface area contributed by atoms with Gasteiger partial charge in [0.1, 0.15) is 5.75 Å². The van der Waals surface area contributed by atoms with E-state index in [2.05, 4.69) is 29.8 Å². The van der Waals surface area contributed by atoms with Crippen molar-refractivity contribution in [3.05, 3.63) is 28.2 Å². The molecule has 0 fully saturated rings. The molecule has 0 aliphatic heterocycles. The molecule has 0 saturated carbocycles. The van der Waals surface area contributed by atoms with E-state index in [1.54, 1.807) is 0 Å². The second-order valence-corrected chi connectivity index (χ2v) is 5.82. The van der Waals surface area contributed by atoms with Crippen LogP contribution in [0, 0.1) is 5.92 Å². The standard InChI is InChI=1S/C14H19BrO3/c1-8(2)10-5-6-12(11(15)7-10)18-13(9(3)4)14(16)17/h5-9,13H,1-4H3,(H,16,17)/t13-/m1/s1. The zero-order valence-electron chi connectivity index (χ0n) is 11.1. The Morgan fingerprint density at radius 1 is 1.28 bits per heavy atom. The number of rotatable bonds is 5. The van der Waals surface area contributed by atoms with Crippen molar-refractivity contribution < 1.29 is 14.6 Å². The third-order valence-corrected chi connectivity index (χ3v) is 3.35. The summed E-state index contributed by atoms with van der Waals surface area (Å²) in [6, 6.07) is 5.75. The Bertz CT molecular complexity index is 427. The van der Waals surface area contributed by atoms with Crippen molar-refractivity contribution in [2.75, 3.05) is 0 Å². The van der Waals surface area contributed by atoms with Gasteiger partial charge in [0, 0.05) is 5.92 Å². The van der Waals surface area contributed by atoms with Crippen LogP contribution in [0.2, 0.25) is 0 Å². The maximum atomic E-state index is 11.1. The highest BCUT2D eigenvalue weighted by Gasteiger charge is 2.24. The SMILES string of the molecule is CC(C)c1ccc(O[C@@H](C(=O)O)C(C)C)c(Br)c1. The molecule has 1 N–H and O–H groups in total. The molecule has 4 heteroatoms. The monoisotopic (exact) mass is 314 g/mol. The Hall–Kier alpha value is -1.03. The molecule has 1 atom stereocenters. The van der Waals surface area contributed by atoms with E-state index in [1.807, 2.05) is 32.0 Å². The van der Waals surface area contributed by atoms with E-state index < -0.39 is 12.1 Å². The second-order valence-electron chi connectivity index (χ2n) is 4.97. The van der Waals surface area contributed by atoms with Gasteiger partial charge in [0.05, 0.1) is 4.47 Å². The quantitative estimate of drug-likeness (QED) is 0.891. The molecule has 0 radical (unpaired) electrons. The maximum Gasteiger partial charge on any atom is 0.345 e. The van der Waals surface area contributed by atoms with Crippen molar-refractivity contribution in [3.8, 4) is 5.75 Å². The number of halogens is 1. The predicted octanol–water partition coefficient (Wildman–Crippen LogP) is 4.06. The number of carboxylic acids is 1. The number of hydrogen-bond acceptors (Lipinski definition) is 2. The zero-order chi connectivity index (χ0) is 13.9. The van der Waals surface area contributed by atoms with E-state index in [0.29, 0.717) is 11.7 Å². The first-order valence-electron chi connectivity index (χ1n) is 6.01. The van der Waals surface area contributed by atoms with Gasteiger partial charge < -0.3 is 9.84 Å². The lowest BCUT2D eigenvalue weighted by Crippen LogP contribution is -2.32. The van der Waals surface area contributed by atoms with Crippen LogP contribution in [0.4, 0.5) is 0 Å². The molecule has 0 heterocycles. The summed E-state index contributed by atoms with van der Waals surface area (Å²) in [7, 11) is 0. The molecule has 0 saturated heterocycles. The van der Waals surface area contributed by atoms with Gasteiger partial charge in [0.25, 0.3) is 0 Å². The minimum Gasteiger partial charge on any atom is -0.478 e. The van der Waals surface area contributed by atoms with Crippen LogP contribution in [0.15, 0.2) is 22.7 Å². The first-order chi connectivity index (χ1) is 8.32. The average Bonchev–Trinajstić information content (AvgIpc) is 2.25. The molecule has 0 amide bonds. The highest BCUT2D eigenvalue weighted by atomic mass is 79.9. The van der Waals surface area contributed by atoms with Gasteiger partial charge in [-0.15, -0.1) is 0 Å². The van der Waals surface area contributed by atoms with E-state index in [1.165, 1.54) is 5.56 Å². The van der Waals surface area contributed by atoms with Crippen molar-refractivity contribution >= 4 is 21.9 Å². The van der Waals surface area contributed by atoms with Crippen LogP contribution in [0.5, 0.6) is 5.75 Å². The lowest BCUT2D eigenvalue weighted by molar-refractivity contribution is -0.147. The Kier molecular flexibility index (Phi) is 5.20. The van der Waals surface area contributed by atoms with Crippen LogP contribution >= 0.6 is 15.9 Å². The Balaban J connectivity index is 2.94. The van der Waals surface area contributed by atoms with E-state index in [4.69, 9.17) is 9.84 Å². The summed E-state index contributed by atoms with van der Waals surface area (Å²) in [5.74, 6) is -0.0276. The van der Waals surface area contributed by atoms with Crippen LogP contribution in [-0.4, -0.2) is 17.2 Å². The van der Waals surface area contributed by atoms with E-state index in [0.717, 1.165) is 4.47 Å². The van der Waals surface area contributed by atoms with Gasteiger partial charge in [-0.3, -0.25) is 0 Å². The van der Waals surface area contributed by atoms with Gasteiger partial charge in [-0.2, -0.15) is 0 Å². The Morgan fingerprint density at radius 3 is 2.28 bits per heavy atom. The molecular formula is C14H19BrO3. The molecule has 3 nitrogen and oxygen atoms in total. The molecule has 0 aliphatic rings. The first kappa shape index (κ1) is 15.0. The molecule has 1 aromatic rings. The number of hydrogen-bond donors (Lipinski definition) is 1. The Labute approximate surface area is 116 Å². The minimum atomic E-state index is -0.940. The molecule has 1 aromatic carbocycles. The fraction of sp³-hybridized carbons (Fsp3) is 0.500. The third-order valence-electron chi connectivity index (χ3n) is 2.73. The molecule has 0 unspecified atom stereocenters. The highest BCUT2D eigenvalue weighted by Crippen LogP contribution is 2.30. The summed E-state index contributed by atoms with van der Waals surface area (Å²) in [5.41, 5.74) is 1.19. The number of carboxylic acid groups (broad SMARTS) is 1. The molecular weight excluding hydrogens is 296 g/mol. The molecule has 0 aliphatic carbocycles. The predicted molar refractivity (Wildman–Crippen MR) is 75.1 cm³/mol. The summed E-state index contributed by atoms with van der Waals surface area (Å²) < 4.78 is 6.35. The van der Waals surface area contributed by atoms with Gasteiger partial charge >= 0.3 is 5.97 Å². The largest absolute Gasteiger partial charge is 0.478 e. The Morgan fingerprint density at radius 2 is 1.89 bits per heavy atom. The smallest absolute Gasteiger partial charge is 0.345 e.